The van der Waals surface area contributed by atoms with E-state index in [0.717, 1.165) is 138 Å². The van der Waals surface area contributed by atoms with Gasteiger partial charge in [-0.25, -0.2) is 59.8 Å². The monoisotopic (exact) mass is 966 g/mol. The van der Waals surface area contributed by atoms with Gasteiger partial charge in [0.05, 0.1) is 24.8 Å². The second-order valence-electron chi connectivity index (χ2n) is 17.9. The van der Waals surface area contributed by atoms with Crippen LogP contribution in [0.2, 0.25) is 0 Å². The zero-order chi connectivity index (χ0) is 49.9. The van der Waals surface area contributed by atoms with Crippen LogP contribution < -0.4 is 0 Å². The molecule has 13 rings (SSSR count). The first-order valence-corrected chi connectivity index (χ1v) is 24.8. The molecule has 0 bridgehead atoms. The summed E-state index contributed by atoms with van der Waals surface area (Å²) >= 11 is 0. The van der Waals surface area contributed by atoms with Crippen molar-refractivity contribution < 1.29 is 0 Å². The minimum Gasteiger partial charge on any atom is -0.293 e. The second kappa shape index (κ2) is 18.2. The molecule has 74 heavy (non-hydrogen) atoms. The Bertz CT molecular complexity index is 3680. The van der Waals surface area contributed by atoms with Crippen molar-refractivity contribution in [2.75, 3.05) is 0 Å². The van der Waals surface area contributed by atoms with Gasteiger partial charge in [-0.15, -0.1) is 0 Å². The maximum absolute atomic E-state index is 4.85. The van der Waals surface area contributed by atoms with Crippen molar-refractivity contribution in [3.63, 3.8) is 0 Å². The van der Waals surface area contributed by atoms with E-state index < -0.39 is 0 Å². The van der Waals surface area contributed by atoms with Gasteiger partial charge in [0.25, 0.3) is 0 Å². The number of aryl methyl sites for hydroxylation is 4. The molecular formula is C58H46N16. The number of imidazole rings is 4. The van der Waals surface area contributed by atoms with E-state index in [4.69, 9.17) is 19.9 Å². The van der Waals surface area contributed by atoms with Gasteiger partial charge >= 0.3 is 0 Å². The minimum atomic E-state index is 0.673. The fourth-order valence-corrected chi connectivity index (χ4v) is 10.3. The molecule has 8 heterocycles. The third kappa shape index (κ3) is 7.36. The molecule has 13 aromatic rings. The number of nitrogens with zero attached hydrogens (tertiary/aromatic N) is 16. The van der Waals surface area contributed by atoms with Crippen molar-refractivity contribution in [2.45, 2.75) is 53.4 Å². The smallest absolute Gasteiger partial charge is 0.181 e. The maximum atomic E-state index is 4.85. The van der Waals surface area contributed by atoms with E-state index in [2.05, 4.69) is 195 Å². The molecule has 5 aromatic carbocycles. The van der Waals surface area contributed by atoms with E-state index in [0.29, 0.717) is 22.6 Å². The van der Waals surface area contributed by atoms with E-state index in [1.54, 1.807) is 25.3 Å². The summed E-state index contributed by atoms with van der Waals surface area (Å²) in [6.07, 6.45) is 16.5. The first kappa shape index (κ1) is 44.3. The van der Waals surface area contributed by atoms with Gasteiger partial charge in [-0.1, -0.05) is 76.2 Å². The van der Waals surface area contributed by atoms with E-state index in [1.807, 2.05) is 24.8 Å². The van der Waals surface area contributed by atoms with Gasteiger partial charge in [0, 0.05) is 48.4 Å². The summed E-state index contributed by atoms with van der Waals surface area (Å²) < 4.78 is 8.60. The van der Waals surface area contributed by atoms with Crippen molar-refractivity contribution >= 4 is 44.7 Å². The number of aromatic nitrogens is 16. The standard InChI is InChI=1S/C58H46N16/c1-5-51-67-55-47(27-59-31-63-55)71(51)39-17-9-35(10-18-39)43-25-45(37-13-21-41(22-14-37)73-49-29-61-33-65-57(49)69-53(73)7-3)46(38-15-23-42(24-16-38)74-50-30-62-34-66-58(50)70-54(74)8-4)26-44(43)36-11-19-40(20-12-36)72-48-28-60-32-64-56(48)68-52(72)6-2/h9-34H,5-8H2,1-4H3. The highest BCUT2D eigenvalue weighted by Crippen LogP contribution is 2.43. The molecule has 0 amide bonds. The molecule has 0 unspecified atom stereocenters. The molecule has 0 aliphatic rings. The van der Waals surface area contributed by atoms with Crippen LogP contribution in [0.4, 0.5) is 0 Å². The lowest BCUT2D eigenvalue weighted by Crippen LogP contribution is -2.01. The summed E-state index contributed by atoms with van der Waals surface area (Å²) in [5.41, 5.74) is 18.6. The highest BCUT2D eigenvalue weighted by molar-refractivity contribution is 5.96. The lowest BCUT2D eigenvalue weighted by atomic mass is 9.85. The van der Waals surface area contributed by atoms with E-state index in [1.165, 1.54) is 0 Å². The van der Waals surface area contributed by atoms with E-state index >= 15 is 0 Å². The maximum Gasteiger partial charge on any atom is 0.181 e. The van der Waals surface area contributed by atoms with Gasteiger partial charge in [-0.05, 0) is 105 Å². The topological polar surface area (TPSA) is 174 Å². The molecule has 0 radical (unpaired) electrons. The van der Waals surface area contributed by atoms with Crippen LogP contribution in [0, 0.1) is 0 Å². The average Bonchev–Trinajstić information content (AvgIpc) is 4.25. The van der Waals surface area contributed by atoms with Crippen LogP contribution in [0.15, 0.2) is 159 Å². The first-order valence-electron chi connectivity index (χ1n) is 24.8. The van der Waals surface area contributed by atoms with Crippen molar-refractivity contribution in [1.82, 2.24) is 78.1 Å². The average molecular weight is 967 g/mol. The molecule has 0 aliphatic heterocycles. The van der Waals surface area contributed by atoms with Crippen LogP contribution in [0.1, 0.15) is 51.0 Å². The van der Waals surface area contributed by atoms with Gasteiger partial charge in [-0.2, -0.15) is 0 Å². The number of benzene rings is 5. The molecule has 0 saturated heterocycles. The summed E-state index contributed by atoms with van der Waals surface area (Å²) in [6.45, 7) is 8.44. The van der Waals surface area contributed by atoms with Crippen molar-refractivity contribution in [3.05, 3.63) is 183 Å². The third-order valence-electron chi connectivity index (χ3n) is 13.8. The number of rotatable bonds is 12. The van der Waals surface area contributed by atoms with Crippen molar-refractivity contribution in [1.29, 1.82) is 0 Å². The molecule has 0 spiro atoms. The highest BCUT2D eigenvalue weighted by atomic mass is 15.2. The Kier molecular flexibility index (Phi) is 10.9. The predicted octanol–water partition coefficient (Wildman–Crippen LogP) is 11.1. The quantitative estimate of drug-likeness (QED) is 0.113. The lowest BCUT2D eigenvalue weighted by molar-refractivity contribution is 0.907. The highest BCUT2D eigenvalue weighted by Gasteiger charge is 2.21. The molecular weight excluding hydrogens is 921 g/mol. The Hall–Kier alpha value is -9.70. The first-order chi connectivity index (χ1) is 36.5. The third-order valence-corrected chi connectivity index (χ3v) is 13.8. The molecule has 16 nitrogen and oxygen atoms in total. The van der Waals surface area contributed by atoms with Gasteiger partial charge < -0.3 is 0 Å². The van der Waals surface area contributed by atoms with Gasteiger partial charge in [0.2, 0.25) is 0 Å². The normalized spacial score (nSPS) is 11.7. The van der Waals surface area contributed by atoms with Crippen molar-refractivity contribution in [3.8, 4) is 67.3 Å². The number of fused-ring (bicyclic) bond motifs is 4. The summed E-state index contributed by atoms with van der Waals surface area (Å²) in [5, 5.41) is 0. The fourth-order valence-electron chi connectivity index (χ4n) is 10.3. The Balaban J connectivity index is 1.01. The molecule has 0 atom stereocenters. The molecule has 0 aliphatic carbocycles. The van der Waals surface area contributed by atoms with Crippen LogP contribution in [-0.4, -0.2) is 78.1 Å². The Labute approximate surface area is 424 Å². The number of hydrogen-bond acceptors (Lipinski definition) is 12. The Morgan fingerprint density at radius 3 is 0.716 bits per heavy atom. The SMILES string of the molecule is CCc1nc2ncncc2n1-c1ccc(-c2cc(-c3ccc(-n4c(CC)nc5ncncc54)cc3)c(-c3ccc(-n4c(CC)nc5ncncc54)cc3)cc2-c2ccc(-n3c(CC)nc4ncncc43)cc2)cc1. The Morgan fingerprint density at radius 1 is 0.297 bits per heavy atom. The van der Waals surface area contributed by atoms with Gasteiger partial charge in [-0.3, -0.25) is 18.3 Å². The molecule has 0 saturated carbocycles. The van der Waals surface area contributed by atoms with Crippen molar-refractivity contribution in [2.24, 2.45) is 0 Å². The minimum absolute atomic E-state index is 0.673. The largest absolute Gasteiger partial charge is 0.293 e. The fraction of sp³-hybridized carbons (Fsp3) is 0.138. The zero-order valence-corrected chi connectivity index (χ0v) is 41.0. The summed E-state index contributed by atoms with van der Waals surface area (Å²) in [7, 11) is 0. The van der Waals surface area contributed by atoms with Gasteiger partial charge in [0.1, 0.15) is 70.7 Å². The van der Waals surface area contributed by atoms with E-state index in [-0.39, 0.29) is 0 Å². The molecule has 8 aromatic heterocycles. The Morgan fingerprint density at radius 2 is 0.514 bits per heavy atom. The second-order valence-corrected chi connectivity index (χ2v) is 17.9. The summed E-state index contributed by atoms with van der Waals surface area (Å²) in [4.78, 5) is 54.7. The molecule has 0 N–H and O–H groups in total. The lowest BCUT2D eigenvalue weighted by Gasteiger charge is -2.20. The molecule has 358 valence electrons. The van der Waals surface area contributed by atoms with Crippen LogP contribution in [0.25, 0.3) is 112 Å². The van der Waals surface area contributed by atoms with Crippen LogP contribution in [0.5, 0.6) is 0 Å². The van der Waals surface area contributed by atoms with Crippen LogP contribution in [-0.2, 0) is 25.7 Å². The zero-order valence-electron chi connectivity index (χ0n) is 41.0. The molecule has 16 heteroatoms. The van der Waals surface area contributed by atoms with Crippen LogP contribution in [0.3, 0.4) is 0 Å². The molecule has 0 fully saturated rings. The summed E-state index contributed by atoms with van der Waals surface area (Å²) in [6, 6.07) is 39.6. The van der Waals surface area contributed by atoms with Crippen LogP contribution >= 0.6 is 0 Å². The van der Waals surface area contributed by atoms with Gasteiger partial charge in [0.15, 0.2) is 22.6 Å². The number of hydrogen-bond donors (Lipinski definition) is 0. The van der Waals surface area contributed by atoms with E-state index in [9.17, 15) is 0 Å². The predicted molar refractivity (Wildman–Crippen MR) is 287 cm³/mol. The summed E-state index contributed by atoms with van der Waals surface area (Å²) in [5.74, 6) is 3.67.